The maximum absolute atomic E-state index is 11.2. The number of aromatic carboxylic acids is 1. The standard InChI is InChI=1S/C14H21N3O3/c1-14(2,3)13-15-7-10(12(18)19)11(17-13)16-8-5-9(6-8)20-4/h7-9H,5-6H2,1-4H3,(H,18,19)(H,15,16,17). The van der Waals surface area contributed by atoms with E-state index in [2.05, 4.69) is 15.3 Å². The van der Waals surface area contributed by atoms with E-state index in [0.717, 1.165) is 12.8 Å². The van der Waals surface area contributed by atoms with Crippen LogP contribution in [0.2, 0.25) is 0 Å². The number of hydrogen-bond acceptors (Lipinski definition) is 5. The molecule has 6 nitrogen and oxygen atoms in total. The molecule has 1 aromatic rings. The Bertz CT molecular complexity index is 505. The maximum Gasteiger partial charge on any atom is 0.341 e. The minimum absolute atomic E-state index is 0.110. The number of hydrogen-bond donors (Lipinski definition) is 2. The van der Waals surface area contributed by atoms with E-state index in [1.165, 1.54) is 6.20 Å². The summed E-state index contributed by atoms with van der Waals surface area (Å²) >= 11 is 0. The van der Waals surface area contributed by atoms with Crippen molar-refractivity contribution in [1.29, 1.82) is 0 Å². The molecule has 2 N–H and O–H groups in total. The van der Waals surface area contributed by atoms with Crippen molar-refractivity contribution in [2.24, 2.45) is 0 Å². The van der Waals surface area contributed by atoms with Gasteiger partial charge in [0, 0.05) is 24.8 Å². The van der Waals surface area contributed by atoms with Crippen molar-refractivity contribution >= 4 is 11.8 Å². The van der Waals surface area contributed by atoms with E-state index in [-0.39, 0.29) is 23.1 Å². The summed E-state index contributed by atoms with van der Waals surface area (Å²) in [4.78, 5) is 19.8. The van der Waals surface area contributed by atoms with Crippen LogP contribution in [0, 0.1) is 0 Å². The summed E-state index contributed by atoms with van der Waals surface area (Å²) in [7, 11) is 1.69. The number of aromatic nitrogens is 2. The predicted octanol–water partition coefficient (Wildman–Crippen LogP) is 2.06. The van der Waals surface area contributed by atoms with Gasteiger partial charge in [-0.15, -0.1) is 0 Å². The number of carbonyl (C=O) groups is 1. The number of carboxylic acids is 1. The molecule has 1 aliphatic rings. The van der Waals surface area contributed by atoms with Gasteiger partial charge in [0.05, 0.1) is 6.10 Å². The first-order chi connectivity index (χ1) is 9.31. The smallest absolute Gasteiger partial charge is 0.341 e. The average molecular weight is 279 g/mol. The van der Waals surface area contributed by atoms with Crippen LogP contribution >= 0.6 is 0 Å². The van der Waals surface area contributed by atoms with Crippen molar-refractivity contribution < 1.29 is 14.6 Å². The number of methoxy groups -OCH3 is 1. The molecule has 1 saturated carbocycles. The molecule has 0 unspecified atom stereocenters. The van der Waals surface area contributed by atoms with Crippen molar-refractivity contribution in [3.05, 3.63) is 17.6 Å². The van der Waals surface area contributed by atoms with Crippen LogP contribution in [0.1, 0.15) is 49.8 Å². The fraction of sp³-hybridized carbons (Fsp3) is 0.643. The van der Waals surface area contributed by atoms with Crippen molar-refractivity contribution in [3.63, 3.8) is 0 Å². The summed E-state index contributed by atoms with van der Waals surface area (Å²) in [6.07, 6.45) is 3.37. The topological polar surface area (TPSA) is 84.3 Å². The molecule has 0 bridgehead atoms. The van der Waals surface area contributed by atoms with Crippen LogP contribution < -0.4 is 5.32 Å². The quantitative estimate of drug-likeness (QED) is 0.877. The van der Waals surface area contributed by atoms with Gasteiger partial charge in [0.1, 0.15) is 17.2 Å². The minimum Gasteiger partial charge on any atom is -0.477 e. The van der Waals surface area contributed by atoms with Gasteiger partial charge in [-0.2, -0.15) is 0 Å². The van der Waals surface area contributed by atoms with Crippen molar-refractivity contribution in [2.75, 3.05) is 12.4 Å². The maximum atomic E-state index is 11.2. The molecule has 110 valence electrons. The first kappa shape index (κ1) is 14.7. The van der Waals surface area contributed by atoms with Crippen LogP contribution in [-0.2, 0) is 10.2 Å². The van der Waals surface area contributed by atoms with Gasteiger partial charge in [-0.1, -0.05) is 20.8 Å². The average Bonchev–Trinajstić information content (AvgIpc) is 2.31. The second-order valence-electron chi connectivity index (χ2n) is 6.18. The fourth-order valence-corrected chi connectivity index (χ4v) is 2.08. The Morgan fingerprint density at radius 1 is 1.45 bits per heavy atom. The molecule has 0 saturated heterocycles. The Kier molecular flexibility index (Phi) is 3.94. The highest BCUT2D eigenvalue weighted by molar-refractivity contribution is 5.92. The Balaban J connectivity index is 2.22. The van der Waals surface area contributed by atoms with E-state index >= 15 is 0 Å². The molecule has 0 radical (unpaired) electrons. The summed E-state index contributed by atoms with van der Waals surface area (Å²) in [6.45, 7) is 5.99. The van der Waals surface area contributed by atoms with E-state index in [1.54, 1.807) is 7.11 Å². The van der Waals surface area contributed by atoms with Crippen LogP contribution in [0.5, 0.6) is 0 Å². The highest BCUT2D eigenvalue weighted by Gasteiger charge is 2.31. The molecule has 0 spiro atoms. The molecule has 20 heavy (non-hydrogen) atoms. The molecular weight excluding hydrogens is 258 g/mol. The molecule has 0 aromatic carbocycles. The van der Waals surface area contributed by atoms with Gasteiger partial charge in [-0.05, 0) is 12.8 Å². The van der Waals surface area contributed by atoms with E-state index in [4.69, 9.17) is 4.74 Å². The van der Waals surface area contributed by atoms with Crippen molar-refractivity contribution in [1.82, 2.24) is 9.97 Å². The molecule has 6 heteroatoms. The number of anilines is 1. The minimum atomic E-state index is -1.02. The first-order valence-corrected chi connectivity index (χ1v) is 6.71. The summed E-state index contributed by atoms with van der Waals surface area (Å²) in [5.74, 6) is 0.0140. The first-order valence-electron chi connectivity index (χ1n) is 6.71. The Hall–Kier alpha value is -1.69. The normalized spacial score (nSPS) is 22.2. The Morgan fingerprint density at radius 3 is 2.60 bits per heavy atom. The number of nitrogens with one attached hydrogen (secondary N) is 1. The summed E-state index contributed by atoms with van der Waals surface area (Å²) in [6, 6.07) is 0.209. The van der Waals surface area contributed by atoms with E-state index in [0.29, 0.717) is 11.6 Å². The lowest BCUT2D eigenvalue weighted by Crippen LogP contribution is -2.41. The second-order valence-corrected chi connectivity index (χ2v) is 6.18. The number of rotatable bonds is 4. The lowest BCUT2D eigenvalue weighted by atomic mass is 9.89. The number of ether oxygens (including phenoxy) is 1. The molecule has 0 aliphatic heterocycles. The molecular formula is C14H21N3O3. The molecule has 1 aliphatic carbocycles. The third-order valence-electron chi connectivity index (χ3n) is 3.46. The zero-order valence-corrected chi connectivity index (χ0v) is 12.3. The van der Waals surface area contributed by atoms with Gasteiger partial charge in [-0.3, -0.25) is 0 Å². The Morgan fingerprint density at radius 2 is 2.10 bits per heavy atom. The zero-order valence-electron chi connectivity index (χ0n) is 12.3. The van der Waals surface area contributed by atoms with Crippen LogP contribution in [-0.4, -0.2) is 40.3 Å². The summed E-state index contributed by atoms with van der Waals surface area (Å²) < 4.78 is 5.22. The van der Waals surface area contributed by atoms with Gasteiger partial charge in [0.2, 0.25) is 0 Å². The number of nitrogens with zero attached hydrogens (tertiary/aromatic N) is 2. The summed E-state index contributed by atoms with van der Waals surface area (Å²) in [5, 5.41) is 12.4. The molecule has 0 amide bonds. The number of carboxylic acid groups (broad SMARTS) is 1. The highest BCUT2D eigenvalue weighted by Crippen LogP contribution is 2.28. The lowest BCUT2D eigenvalue weighted by molar-refractivity contribution is 0.0327. The van der Waals surface area contributed by atoms with Gasteiger partial charge < -0.3 is 15.2 Å². The van der Waals surface area contributed by atoms with Crippen LogP contribution in [0.15, 0.2) is 6.20 Å². The monoisotopic (exact) mass is 279 g/mol. The van der Waals surface area contributed by atoms with E-state index < -0.39 is 5.97 Å². The fourth-order valence-electron chi connectivity index (χ4n) is 2.08. The molecule has 0 atom stereocenters. The van der Waals surface area contributed by atoms with Crippen LogP contribution in [0.3, 0.4) is 0 Å². The second kappa shape index (κ2) is 5.36. The largest absolute Gasteiger partial charge is 0.477 e. The zero-order chi connectivity index (χ0) is 14.9. The van der Waals surface area contributed by atoms with Gasteiger partial charge >= 0.3 is 5.97 Å². The van der Waals surface area contributed by atoms with Gasteiger partial charge in [0.25, 0.3) is 0 Å². The van der Waals surface area contributed by atoms with Crippen molar-refractivity contribution in [3.8, 4) is 0 Å². The third-order valence-corrected chi connectivity index (χ3v) is 3.46. The van der Waals surface area contributed by atoms with Gasteiger partial charge in [-0.25, -0.2) is 14.8 Å². The van der Waals surface area contributed by atoms with E-state index in [9.17, 15) is 9.90 Å². The lowest BCUT2D eigenvalue weighted by Gasteiger charge is -2.35. The Labute approximate surface area is 118 Å². The molecule has 1 heterocycles. The van der Waals surface area contributed by atoms with E-state index in [1.807, 2.05) is 20.8 Å². The predicted molar refractivity (Wildman–Crippen MR) is 75.1 cm³/mol. The molecule has 2 rings (SSSR count). The van der Waals surface area contributed by atoms with Crippen molar-refractivity contribution in [2.45, 2.75) is 51.2 Å². The summed E-state index contributed by atoms with van der Waals surface area (Å²) in [5.41, 5.74) is -0.110. The van der Waals surface area contributed by atoms with Crippen LogP contribution in [0.4, 0.5) is 5.82 Å². The third kappa shape index (κ3) is 3.07. The SMILES string of the molecule is COC1CC(Nc2nc(C(C)(C)C)ncc2C(=O)O)C1. The highest BCUT2D eigenvalue weighted by atomic mass is 16.5. The molecule has 1 aromatic heterocycles. The van der Waals surface area contributed by atoms with Crippen LogP contribution in [0.25, 0.3) is 0 Å². The molecule has 1 fully saturated rings. The van der Waals surface area contributed by atoms with Gasteiger partial charge in [0.15, 0.2) is 0 Å².